The van der Waals surface area contributed by atoms with Gasteiger partial charge in [0.05, 0.1) is 23.6 Å². The maximum absolute atomic E-state index is 12.6. The number of fused-ring (bicyclic) bond motifs is 1. The van der Waals surface area contributed by atoms with Crippen LogP contribution in [-0.4, -0.2) is 24.2 Å². The second-order valence-electron chi connectivity index (χ2n) is 7.32. The van der Waals surface area contributed by atoms with Crippen LogP contribution >= 0.6 is 0 Å². The highest BCUT2D eigenvalue weighted by atomic mass is 16.6. The molecule has 0 atom stereocenters. The molecule has 0 radical (unpaired) electrons. The standard InChI is InChI=1S/C27H22N2O3/c1-19-24(17-26(30)32-16-15-31-22-13-11-20(18-28)12-14-22)27(21-7-3-2-4-8-21)23-9-5-6-10-25(23)29-19/h2-14H,15-17H2,1H3. The number of aromatic nitrogens is 1. The Morgan fingerprint density at radius 2 is 1.66 bits per heavy atom. The van der Waals surface area contributed by atoms with Crippen LogP contribution in [0.25, 0.3) is 22.0 Å². The van der Waals surface area contributed by atoms with E-state index < -0.39 is 0 Å². The Balaban J connectivity index is 1.48. The fourth-order valence-corrected chi connectivity index (χ4v) is 3.66. The Kier molecular flexibility index (Phi) is 6.43. The third-order valence-corrected chi connectivity index (χ3v) is 5.18. The van der Waals surface area contributed by atoms with Gasteiger partial charge in [0, 0.05) is 11.1 Å². The third-order valence-electron chi connectivity index (χ3n) is 5.18. The van der Waals surface area contributed by atoms with Crippen molar-refractivity contribution in [1.29, 1.82) is 5.26 Å². The van der Waals surface area contributed by atoms with Crippen molar-refractivity contribution in [3.8, 4) is 22.9 Å². The van der Waals surface area contributed by atoms with Gasteiger partial charge < -0.3 is 9.47 Å². The lowest BCUT2D eigenvalue weighted by Crippen LogP contribution is -2.15. The molecule has 0 aliphatic heterocycles. The Morgan fingerprint density at radius 1 is 0.938 bits per heavy atom. The number of ether oxygens (including phenoxy) is 2. The number of para-hydroxylation sites is 1. The molecule has 1 aromatic heterocycles. The predicted octanol–water partition coefficient (Wildman–Crippen LogP) is 5.25. The van der Waals surface area contributed by atoms with E-state index in [4.69, 9.17) is 19.7 Å². The molecule has 4 rings (SSSR count). The molecule has 0 aliphatic rings. The maximum atomic E-state index is 12.6. The van der Waals surface area contributed by atoms with Gasteiger partial charge in [-0.15, -0.1) is 0 Å². The number of nitriles is 1. The number of benzene rings is 3. The number of carbonyl (C=O) groups is 1. The number of nitrogens with zero attached hydrogens (tertiary/aromatic N) is 2. The monoisotopic (exact) mass is 422 g/mol. The molecule has 0 saturated carbocycles. The smallest absolute Gasteiger partial charge is 0.310 e. The van der Waals surface area contributed by atoms with Crippen molar-refractivity contribution in [2.75, 3.05) is 13.2 Å². The molecule has 32 heavy (non-hydrogen) atoms. The number of pyridine rings is 1. The van der Waals surface area contributed by atoms with E-state index in [2.05, 4.69) is 6.07 Å². The van der Waals surface area contributed by atoms with E-state index in [0.717, 1.165) is 33.3 Å². The van der Waals surface area contributed by atoms with Crippen molar-refractivity contribution < 1.29 is 14.3 Å². The molecule has 158 valence electrons. The van der Waals surface area contributed by atoms with Gasteiger partial charge in [-0.05, 0) is 53.9 Å². The first-order valence-electron chi connectivity index (χ1n) is 10.4. The normalized spacial score (nSPS) is 10.5. The molecule has 0 unspecified atom stereocenters. The average Bonchev–Trinajstić information content (AvgIpc) is 2.83. The predicted molar refractivity (Wildman–Crippen MR) is 123 cm³/mol. The van der Waals surface area contributed by atoms with Crippen LogP contribution < -0.4 is 4.74 Å². The van der Waals surface area contributed by atoms with Gasteiger partial charge in [-0.3, -0.25) is 9.78 Å². The Morgan fingerprint density at radius 3 is 2.41 bits per heavy atom. The number of aryl methyl sites for hydroxylation is 1. The number of carbonyl (C=O) groups excluding carboxylic acids is 1. The van der Waals surface area contributed by atoms with E-state index >= 15 is 0 Å². The molecule has 0 aliphatic carbocycles. The van der Waals surface area contributed by atoms with Crippen LogP contribution in [-0.2, 0) is 16.0 Å². The van der Waals surface area contributed by atoms with Crippen LogP contribution in [0.4, 0.5) is 0 Å². The Bertz CT molecular complexity index is 1280. The lowest BCUT2D eigenvalue weighted by molar-refractivity contribution is -0.143. The van der Waals surface area contributed by atoms with Crippen molar-refractivity contribution >= 4 is 16.9 Å². The first-order valence-corrected chi connectivity index (χ1v) is 10.4. The summed E-state index contributed by atoms with van der Waals surface area (Å²) in [6, 6.07) is 26.9. The van der Waals surface area contributed by atoms with Gasteiger partial charge in [-0.1, -0.05) is 48.5 Å². The number of esters is 1. The van der Waals surface area contributed by atoms with Crippen LogP contribution in [0.15, 0.2) is 78.9 Å². The highest BCUT2D eigenvalue weighted by molar-refractivity contribution is 5.97. The topological polar surface area (TPSA) is 72.2 Å². The van der Waals surface area contributed by atoms with Crippen LogP contribution in [0.1, 0.15) is 16.8 Å². The van der Waals surface area contributed by atoms with Crippen molar-refractivity contribution in [2.45, 2.75) is 13.3 Å². The fraction of sp³-hybridized carbons (Fsp3) is 0.148. The molecule has 3 aromatic carbocycles. The minimum atomic E-state index is -0.328. The van der Waals surface area contributed by atoms with Crippen LogP contribution in [0.2, 0.25) is 0 Å². The molecule has 0 fully saturated rings. The number of hydrogen-bond acceptors (Lipinski definition) is 5. The lowest BCUT2D eigenvalue weighted by atomic mass is 9.93. The largest absolute Gasteiger partial charge is 0.490 e. The minimum Gasteiger partial charge on any atom is -0.490 e. The first kappa shape index (κ1) is 21.1. The summed E-state index contributed by atoms with van der Waals surface area (Å²) in [5.74, 6) is 0.298. The molecule has 1 heterocycles. The summed E-state index contributed by atoms with van der Waals surface area (Å²) >= 11 is 0. The first-order chi connectivity index (χ1) is 15.7. The molecule has 4 aromatic rings. The molecule has 5 nitrogen and oxygen atoms in total. The van der Waals surface area contributed by atoms with E-state index in [9.17, 15) is 4.79 Å². The molecule has 0 amide bonds. The van der Waals surface area contributed by atoms with Crippen molar-refractivity contribution in [1.82, 2.24) is 4.98 Å². The summed E-state index contributed by atoms with van der Waals surface area (Å²) in [6.07, 6.45) is 0.130. The van der Waals surface area contributed by atoms with E-state index in [1.807, 2.05) is 61.5 Å². The Hall–Kier alpha value is -4.17. The average molecular weight is 422 g/mol. The second kappa shape index (κ2) is 9.76. The van der Waals surface area contributed by atoms with Gasteiger partial charge in [0.15, 0.2) is 0 Å². The molecule has 0 bridgehead atoms. The van der Waals surface area contributed by atoms with E-state index in [0.29, 0.717) is 11.3 Å². The summed E-state index contributed by atoms with van der Waals surface area (Å²) in [5, 5.41) is 9.85. The third kappa shape index (κ3) is 4.76. The van der Waals surface area contributed by atoms with Crippen LogP contribution in [0.5, 0.6) is 5.75 Å². The number of hydrogen-bond donors (Lipinski definition) is 0. The van der Waals surface area contributed by atoms with Crippen molar-refractivity contribution in [2.24, 2.45) is 0 Å². The lowest BCUT2D eigenvalue weighted by Gasteiger charge is -2.16. The highest BCUT2D eigenvalue weighted by Gasteiger charge is 2.17. The summed E-state index contributed by atoms with van der Waals surface area (Å²) in [5.41, 5.74) is 5.20. The summed E-state index contributed by atoms with van der Waals surface area (Å²) < 4.78 is 11.0. The van der Waals surface area contributed by atoms with Crippen molar-refractivity contribution in [3.05, 3.63) is 95.7 Å². The van der Waals surface area contributed by atoms with Gasteiger partial charge in [0.2, 0.25) is 0 Å². The maximum Gasteiger partial charge on any atom is 0.310 e. The minimum absolute atomic E-state index is 0.130. The quantitative estimate of drug-likeness (QED) is 0.301. The van der Waals surface area contributed by atoms with Gasteiger partial charge in [-0.2, -0.15) is 5.26 Å². The van der Waals surface area contributed by atoms with Gasteiger partial charge in [0.25, 0.3) is 0 Å². The highest BCUT2D eigenvalue weighted by Crippen LogP contribution is 2.33. The zero-order valence-corrected chi connectivity index (χ0v) is 17.7. The number of rotatable bonds is 7. The van der Waals surface area contributed by atoms with Crippen LogP contribution in [0.3, 0.4) is 0 Å². The summed E-state index contributed by atoms with van der Waals surface area (Å²) in [6.45, 7) is 2.30. The molecule has 0 saturated heterocycles. The Labute approximate surface area is 186 Å². The van der Waals surface area contributed by atoms with Crippen LogP contribution in [0, 0.1) is 18.3 Å². The van der Waals surface area contributed by atoms with Crippen molar-refractivity contribution in [3.63, 3.8) is 0 Å². The zero-order valence-electron chi connectivity index (χ0n) is 17.7. The SMILES string of the molecule is Cc1nc2ccccc2c(-c2ccccc2)c1CC(=O)OCCOc1ccc(C#N)cc1. The summed E-state index contributed by atoms with van der Waals surface area (Å²) in [7, 11) is 0. The molecule has 0 spiro atoms. The van der Waals surface area contributed by atoms with E-state index in [1.165, 1.54) is 0 Å². The van der Waals surface area contributed by atoms with Gasteiger partial charge in [-0.25, -0.2) is 0 Å². The molecular formula is C27H22N2O3. The van der Waals surface area contributed by atoms with Gasteiger partial charge in [0.1, 0.15) is 19.0 Å². The molecular weight excluding hydrogens is 400 g/mol. The molecule has 0 N–H and O–H groups in total. The van der Waals surface area contributed by atoms with E-state index in [1.54, 1.807) is 24.3 Å². The fourth-order valence-electron chi connectivity index (χ4n) is 3.66. The second-order valence-corrected chi connectivity index (χ2v) is 7.32. The van der Waals surface area contributed by atoms with E-state index in [-0.39, 0.29) is 25.6 Å². The molecule has 5 heteroatoms. The van der Waals surface area contributed by atoms with Gasteiger partial charge >= 0.3 is 5.97 Å². The zero-order chi connectivity index (χ0) is 22.3. The summed E-state index contributed by atoms with van der Waals surface area (Å²) in [4.78, 5) is 17.3.